The van der Waals surface area contributed by atoms with Crippen LogP contribution in [0.1, 0.15) is 36.9 Å². The van der Waals surface area contributed by atoms with Crippen LogP contribution in [0.2, 0.25) is 0 Å². The Labute approximate surface area is 110 Å². The van der Waals surface area contributed by atoms with Gasteiger partial charge in [0.25, 0.3) is 5.56 Å². The van der Waals surface area contributed by atoms with Gasteiger partial charge in [0.05, 0.1) is 11.9 Å². The number of piperidine rings is 1. The van der Waals surface area contributed by atoms with E-state index in [4.69, 9.17) is 5.26 Å². The number of fused-ring (bicyclic) bond motifs is 1. The molecule has 0 aromatic carbocycles. The van der Waals surface area contributed by atoms with Crippen LogP contribution in [0.25, 0.3) is 5.65 Å². The number of nitriles is 1. The van der Waals surface area contributed by atoms with Gasteiger partial charge in [0.1, 0.15) is 11.6 Å². The van der Waals surface area contributed by atoms with Gasteiger partial charge < -0.3 is 10.3 Å². The summed E-state index contributed by atoms with van der Waals surface area (Å²) in [5, 5.41) is 16.7. The maximum atomic E-state index is 11.8. The molecule has 0 bridgehead atoms. The summed E-state index contributed by atoms with van der Waals surface area (Å²) in [6.45, 7) is 3.08. The highest BCUT2D eigenvalue weighted by atomic mass is 16.1. The number of nitrogens with zero attached hydrogens (tertiary/aromatic N) is 3. The molecular formula is C13H15N5O. The zero-order valence-corrected chi connectivity index (χ0v) is 10.7. The van der Waals surface area contributed by atoms with Crippen LogP contribution < -0.4 is 10.9 Å². The lowest BCUT2D eigenvalue weighted by atomic mass is 9.90. The smallest absolute Gasteiger partial charge is 0.251 e. The van der Waals surface area contributed by atoms with Gasteiger partial charge in [0, 0.05) is 18.0 Å². The highest BCUT2D eigenvalue weighted by Gasteiger charge is 2.23. The molecule has 0 spiro atoms. The van der Waals surface area contributed by atoms with Crippen LogP contribution in [0.15, 0.2) is 17.1 Å². The van der Waals surface area contributed by atoms with Crippen LogP contribution in [0.5, 0.6) is 0 Å². The molecule has 0 amide bonds. The molecule has 2 N–H and O–H groups in total. The van der Waals surface area contributed by atoms with Crippen molar-refractivity contribution in [2.45, 2.75) is 31.7 Å². The third-order valence-corrected chi connectivity index (χ3v) is 3.70. The number of hydrogen-bond acceptors (Lipinski definition) is 4. The lowest BCUT2D eigenvalue weighted by Crippen LogP contribution is -2.35. The Hall–Kier alpha value is -2.13. The quantitative estimate of drug-likeness (QED) is 0.789. The third-order valence-electron chi connectivity index (χ3n) is 3.70. The van der Waals surface area contributed by atoms with Gasteiger partial charge in [-0.15, -0.1) is 0 Å². The Morgan fingerprint density at radius 3 is 3.16 bits per heavy atom. The molecule has 98 valence electrons. The van der Waals surface area contributed by atoms with Gasteiger partial charge in [-0.2, -0.15) is 10.4 Å². The Kier molecular flexibility index (Phi) is 2.84. The van der Waals surface area contributed by atoms with E-state index in [9.17, 15) is 4.79 Å². The van der Waals surface area contributed by atoms with Crippen molar-refractivity contribution in [3.05, 3.63) is 33.9 Å². The van der Waals surface area contributed by atoms with Gasteiger partial charge in [0.2, 0.25) is 0 Å². The molecule has 2 aromatic rings. The van der Waals surface area contributed by atoms with E-state index in [0.717, 1.165) is 25.1 Å². The van der Waals surface area contributed by atoms with E-state index >= 15 is 0 Å². The molecule has 1 aliphatic heterocycles. The summed E-state index contributed by atoms with van der Waals surface area (Å²) in [7, 11) is 0. The van der Waals surface area contributed by atoms with Crippen LogP contribution in [-0.2, 0) is 0 Å². The largest absolute Gasteiger partial charge is 0.314 e. The van der Waals surface area contributed by atoms with Gasteiger partial charge in [-0.1, -0.05) is 0 Å². The van der Waals surface area contributed by atoms with E-state index < -0.39 is 0 Å². The summed E-state index contributed by atoms with van der Waals surface area (Å²) in [6, 6.07) is 4.08. The fourth-order valence-electron chi connectivity index (χ4n) is 2.79. The van der Waals surface area contributed by atoms with Gasteiger partial charge in [-0.25, -0.2) is 4.52 Å². The predicted octanol–water partition coefficient (Wildman–Crippen LogP) is 0.750. The fraction of sp³-hybridized carbons (Fsp3) is 0.462. The summed E-state index contributed by atoms with van der Waals surface area (Å²) in [5.41, 5.74) is 1.62. The molecule has 2 atom stereocenters. The molecule has 6 nitrogen and oxygen atoms in total. The SMILES string of the molecule is C[C@@H]1C[C@@H](c2cc(=O)[nH]c3c(C#N)cnn23)CCN1. The minimum atomic E-state index is -0.175. The first-order valence-electron chi connectivity index (χ1n) is 6.43. The van der Waals surface area contributed by atoms with E-state index in [-0.39, 0.29) is 5.56 Å². The number of H-pyrrole nitrogens is 1. The van der Waals surface area contributed by atoms with E-state index in [1.54, 1.807) is 10.6 Å². The number of hydrogen-bond donors (Lipinski definition) is 2. The molecule has 1 aliphatic rings. The summed E-state index contributed by atoms with van der Waals surface area (Å²) >= 11 is 0. The average Bonchev–Trinajstić information content (AvgIpc) is 2.80. The Bertz CT molecular complexity index is 708. The van der Waals surface area contributed by atoms with Gasteiger partial charge in [-0.3, -0.25) is 4.79 Å². The molecule has 1 fully saturated rings. The Balaban J connectivity index is 2.15. The van der Waals surface area contributed by atoms with Crippen molar-refractivity contribution in [3.8, 4) is 6.07 Å². The summed E-state index contributed by atoms with van der Waals surface area (Å²) in [4.78, 5) is 14.5. The summed E-state index contributed by atoms with van der Waals surface area (Å²) in [6.07, 6.45) is 3.45. The van der Waals surface area contributed by atoms with E-state index in [0.29, 0.717) is 23.2 Å². The molecule has 0 saturated carbocycles. The second-order valence-electron chi connectivity index (χ2n) is 5.07. The second kappa shape index (κ2) is 4.52. The monoisotopic (exact) mass is 257 g/mol. The first-order valence-corrected chi connectivity index (χ1v) is 6.43. The molecule has 0 radical (unpaired) electrons. The number of rotatable bonds is 1. The molecule has 2 aromatic heterocycles. The third kappa shape index (κ3) is 2.02. The molecule has 1 saturated heterocycles. The lowest BCUT2D eigenvalue weighted by Gasteiger charge is -2.28. The van der Waals surface area contributed by atoms with Crippen LogP contribution in [-0.4, -0.2) is 27.2 Å². The molecule has 19 heavy (non-hydrogen) atoms. The van der Waals surface area contributed by atoms with Crippen molar-refractivity contribution in [2.24, 2.45) is 0 Å². The zero-order valence-electron chi connectivity index (χ0n) is 10.7. The van der Waals surface area contributed by atoms with Crippen molar-refractivity contribution in [2.75, 3.05) is 6.54 Å². The van der Waals surface area contributed by atoms with Gasteiger partial charge in [-0.05, 0) is 26.3 Å². The standard InChI is InChI=1S/C13H15N5O/c1-8-4-9(2-3-15-8)11-5-12(19)17-13-10(6-14)7-16-18(11)13/h5,7-9,15H,2-4H2,1H3,(H,17,19)/t8-,9+/m1/s1. The number of aromatic amines is 1. The van der Waals surface area contributed by atoms with Crippen LogP contribution in [0.4, 0.5) is 0 Å². The van der Waals surface area contributed by atoms with Crippen molar-refractivity contribution in [3.63, 3.8) is 0 Å². The summed E-state index contributed by atoms with van der Waals surface area (Å²) < 4.78 is 1.70. The maximum absolute atomic E-state index is 11.8. The maximum Gasteiger partial charge on any atom is 0.251 e. The van der Waals surface area contributed by atoms with E-state index in [2.05, 4.69) is 28.4 Å². The van der Waals surface area contributed by atoms with Crippen molar-refractivity contribution < 1.29 is 0 Å². The minimum Gasteiger partial charge on any atom is -0.314 e. The van der Waals surface area contributed by atoms with E-state index in [1.165, 1.54) is 6.20 Å². The Morgan fingerprint density at radius 1 is 1.58 bits per heavy atom. The average molecular weight is 257 g/mol. The zero-order chi connectivity index (χ0) is 13.4. The predicted molar refractivity (Wildman–Crippen MR) is 70.0 cm³/mol. The van der Waals surface area contributed by atoms with Crippen LogP contribution in [0.3, 0.4) is 0 Å². The van der Waals surface area contributed by atoms with Crippen LogP contribution in [0, 0.1) is 11.3 Å². The highest BCUT2D eigenvalue weighted by Crippen LogP contribution is 2.27. The van der Waals surface area contributed by atoms with Gasteiger partial charge >= 0.3 is 0 Å². The molecular weight excluding hydrogens is 242 g/mol. The van der Waals surface area contributed by atoms with Gasteiger partial charge in [0.15, 0.2) is 5.65 Å². The number of aromatic nitrogens is 3. The highest BCUT2D eigenvalue weighted by molar-refractivity contribution is 5.54. The minimum absolute atomic E-state index is 0.175. The Morgan fingerprint density at radius 2 is 2.42 bits per heavy atom. The van der Waals surface area contributed by atoms with Crippen molar-refractivity contribution in [1.29, 1.82) is 5.26 Å². The topological polar surface area (TPSA) is 86.0 Å². The molecule has 0 unspecified atom stereocenters. The van der Waals surface area contributed by atoms with Crippen LogP contribution >= 0.6 is 0 Å². The summed E-state index contributed by atoms with van der Waals surface area (Å²) in [5.74, 6) is 0.299. The first kappa shape index (κ1) is 11.9. The number of nitrogens with one attached hydrogen (secondary N) is 2. The lowest BCUT2D eigenvalue weighted by molar-refractivity contribution is 0.372. The van der Waals surface area contributed by atoms with E-state index in [1.807, 2.05) is 0 Å². The second-order valence-corrected chi connectivity index (χ2v) is 5.07. The fourth-order valence-corrected chi connectivity index (χ4v) is 2.79. The molecule has 6 heteroatoms. The first-order chi connectivity index (χ1) is 9.19. The molecule has 0 aliphatic carbocycles. The molecule has 3 heterocycles. The van der Waals surface area contributed by atoms with Crippen molar-refractivity contribution in [1.82, 2.24) is 19.9 Å². The van der Waals surface area contributed by atoms with Crippen molar-refractivity contribution >= 4 is 5.65 Å². The molecule has 3 rings (SSSR count). The normalized spacial score (nSPS) is 23.4.